The number of thioether (sulfide) groups is 1. The molecule has 0 amide bonds. The largest absolute Gasteiger partial charge is 0.394 e. The fourth-order valence-corrected chi connectivity index (χ4v) is 4.48. The number of aliphatic hydroxyl groups is 3. The number of hydrogen-bond acceptors (Lipinski definition) is 9. The van der Waals surface area contributed by atoms with E-state index in [0.29, 0.717) is 29.6 Å². The molecule has 1 saturated heterocycles. The van der Waals surface area contributed by atoms with Gasteiger partial charge in [0, 0.05) is 12.3 Å². The monoisotopic (exact) mass is 459 g/mol. The van der Waals surface area contributed by atoms with E-state index in [1.807, 2.05) is 18.2 Å². The Balaban J connectivity index is 1.71. The first-order chi connectivity index (χ1) is 15.5. The summed E-state index contributed by atoms with van der Waals surface area (Å²) in [6, 6.07) is 10.1. The van der Waals surface area contributed by atoms with Crippen LogP contribution in [0.1, 0.15) is 32.1 Å². The van der Waals surface area contributed by atoms with Crippen molar-refractivity contribution in [3.63, 3.8) is 0 Å². The molecule has 1 aliphatic heterocycles. The Labute approximate surface area is 190 Å². The Morgan fingerprint density at radius 1 is 1.19 bits per heavy atom. The molecule has 2 unspecified atom stereocenters. The number of benzene rings is 1. The Morgan fingerprint density at radius 2 is 1.97 bits per heavy atom. The van der Waals surface area contributed by atoms with Gasteiger partial charge in [0.15, 0.2) is 11.9 Å². The average Bonchev–Trinajstić information content (AvgIpc) is 3.33. The zero-order valence-corrected chi connectivity index (χ0v) is 18.9. The van der Waals surface area contributed by atoms with E-state index >= 15 is 0 Å². The highest BCUT2D eigenvalue weighted by Gasteiger charge is 2.45. The number of imidazole rings is 1. The number of nitrogens with one attached hydrogen (secondary N) is 1. The predicted octanol–water partition coefficient (Wildman–Crippen LogP) is 2.19. The second-order valence-corrected chi connectivity index (χ2v) is 9.02. The normalized spacial score (nSPS) is 24.2. The van der Waals surface area contributed by atoms with Gasteiger partial charge in [0.05, 0.1) is 6.61 Å². The summed E-state index contributed by atoms with van der Waals surface area (Å²) in [6.07, 6.45) is -1.80. The zero-order valence-electron chi connectivity index (χ0n) is 18.1. The first-order valence-corrected chi connectivity index (χ1v) is 11.8. The van der Waals surface area contributed by atoms with Gasteiger partial charge < -0.3 is 25.4 Å². The maximum atomic E-state index is 10.6. The van der Waals surface area contributed by atoms with Crippen LogP contribution in [0.5, 0.6) is 0 Å². The maximum Gasteiger partial charge on any atom is 0.207 e. The minimum atomic E-state index is -1.23. The van der Waals surface area contributed by atoms with Crippen molar-refractivity contribution >= 4 is 28.9 Å². The molecule has 3 heterocycles. The lowest BCUT2D eigenvalue weighted by Gasteiger charge is -2.20. The van der Waals surface area contributed by atoms with Gasteiger partial charge in [0.25, 0.3) is 0 Å². The van der Waals surface area contributed by atoms with Crippen molar-refractivity contribution in [3.05, 3.63) is 42.2 Å². The van der Waals surface area contributed by atoms with Crippen LogP contribution >= 0.6 is 11.8 Å². The minimum absolute atomic E-state index is 0.399. The first kappa shape index (κ1) is 22.9. The van der Waals surface area contributed by atoms with Crippen LogP contribution in [0.4, 0.5) is 5.95 Å². The van der Waals surface area contributed by atoms with Crippen LogP contribution in [0.3, 0.4) is 0 Å². The fraction of sp³-hybridized carbons (Fsp3) is 0.500. The highest BCUT2D eigenvalue weighted by molar-refractivity contribution is 7.98. The number of nitrogens with zero attached hydrogens (tertiary/aromatic N) is 4. The average molecular weight is 460 g/mol. The van der Waals surface area contributed by atoms with E-state index in [4.69, 9.17) is 9.72 Å². The minimum Gasteiger partial charge on any atom is -0.394 e. The number of fused-ring (bicyclic) bond motifs is 1. The maximum absolute atomic E-state index is 10.6. The highest BCUT2D eigenvalue weighted by atomic mass is 32.2. The van der Waals surface area contributed by atoms with E-state index in [0.717, 1.165) is 17.2 Å². The van der Waals surface area contributed by atoms with Crippen molar-refractivity contribution in [2.24, 2.45) is 5.92 Å². The molecule has 172 valence electrons. The SMILES string of the molecule is CCC(C)CNc1nc2c(SCc3ccccc3)ncnc2n1C1O[C@H](CO)[C@@H](O)[C@H]1O. The van der Waals surface area contributed by atoms with Gasteiger partial charge in [-0.05, 0) is 11.5 Å². The van der Waals surface area contributed by atoms with Gasteiger partial charge in [-0.25, -0.2) is 15.0 Å². The number of aromatic nitrogens is 4. The molecule has 32 heavy (non-hydrogen) atoms. The van der Waals surface area contributed by atoms with Gasteiger partial charge in [-0.3, -0.25) is 4.57 Å². The molecule has 3 aromatic rings. The van der Waals surface area contributed by atoms with Gasteiger partial charge >= 0.3 is 0 Å². The Morgan fingerprint density at radius 3 is 2.66 bits per heavy atom. The van der Waals surface area contributed by atoms with E-state index in [1.54, 1.807) is 16.3 Å². The number of ether oxygens (including phenoxy) is 1. The van der Waals surface area contributed by atoms with Crippen LogP contribution in [0.2, 0.25) is 0 Å². The third-order valence-corrected chi connectivity index (χ3v) is 6.79. The van der Waals surface area contributed by atoms with Crippen molar-refractivity contribution in [2.45, 2.75) is 55.6 Å². The summed E-state index contributed by atoms with van der Waals surface area (Å²) in [6.45, 7) is 4.53. The standard InChI is InChI=1S/C22H29N5O4S/c1-3-13(2)9-23-22-26-16-19(27(22)21-18(30)17(29)15(10-28)31-21)24-12-25-20(16)32-11-14-7-5-4-6-8-14/h4-8,12-13,15,17-18,21,28-30H,3,9-11H2,1-2H3,(H,23,26)/t13?,15-,17-,18-,21?/m1/s1. The predicted molar refractivity (Wildman–Crippen MR) is 122 cm³/mol. The second-order valence-electron chi connectivity index (χ2n) is 8.05. The third kappa shape index (κ3) is 4.60. The molecule has 4 N–H and O–H groups in total. The van der Waals surface area contributed by atoms with Crippen molar-refractivity contribution in [1.82, 2.24) is 19.5 Å². The molecule has 0 saturated carbocycles. The Kier molecular flexibility index (Phi) is 7.27. The molecule has 1 fully saturated rings. The number of hydrogen-bond donors (Lipinski definition) is 4. The van der Waals surface area contributed by atoms with Gasteiger partial charge in [0.1, 0.15) is 35.2 Å². The molecule has 0 bridgehead atoms. The molecular weight excluding hydrogens is 430 g/mol. The van der Waals surface area contributed by atoms with Crippen molar-refractivity contribution in [1.29, 1.82) is 0 Å². The van der Waals surface area contributed by atoms with Crippen molar-refractivity contribution in [3.8, 4) is 0 Å². The quantitative estimate of drug-likeness (QED) is 0.281. The van der Waals surface area contributed by atoms with Crippen LogP contribution in [0.25, 0.3) is 11.2 Å². The highest BCUT2D eigenvalue weighted by Crippen LogP contribution is 2.36. The molecule has 10 heteroatoms. The van der Waals surface area contributed by atoms with Crippen LogP contribution in [0, 0.1) is 5.92 Å². The molecule has 2 aromatic heterocycles. The van der Waals surface area contributed by atoms with Crippen LogP contribution in [0.15, 0.2) is 41.7 Å². The molecule has 4 rings (SSSR count). The summed E-state index contributed by atoms with van der Waals surface area (Å²) in [4.78, 5) is 13.6. The summed E-state index contributed by atoms with van der Waals surface area (Å²) in [7, 11) is 0. The molecule has 5 atom stereocenters. The molecular formula is C22H29N5O4S. The number of rotatable bonds is 9. The molecule has 1 aliphatic rings. The third-order valence-electron chi connectivity index (χ3n) is 5.74. The Hall–Kier alpha value is -2.24. The van der Waals surface area contributed by atoms with E-state index in [2.05, 4.69) is 41.3 Å². The lowest BCUT2D eigenvalue weighted by molar-refractivity contribution is -0.0501. The van der Waals surface area contributed by atoms with Crippen LogP contribution in [-0.2, 0) is 10.5 Å². The van der Waals surface area contributed by atoms with Crippen molar-refractivity contribution < 1.29 is 20.1 Å². The first-order valence-electron chi connectivity index (χ1n) is 10.8. The van der Waals surface area contributed by atoms with Crippen LogP contribution in [-0.4, -0.2) is 66.3 Å². The summed E-state index contributed by atoms with van der Waals surface area (Å²) in [5.74, 6) is 1.62. The van der Waals surface area contributed by atoms with Crippen molar-refractivity contribution in [2.75, 3.05) is 18.5 Å². The molecule has 1 aromatic carbocycles. The van der Waals surface area contributed by atoms with Gasteiger partial charge in [0.2, 0.25) is 5.95 Å². The molecule has 0 aliphatic carbocycles. The number of anilines is 1. The van der Waals surface area contributed by atoms with Gasteiger partial charge in [-0.2, -0.15) is 0 Å². The smallest absolute Gasteiger partial charge is 0.207 e. The van der Waals surface area contributed by atoms with E-state index < -0.39 is 31.1 Å². The zero-order chi connectivity index (χ0) is 22.7. The summed E-state index contributed by atoms with van der Waals surface area (Å²) in [5.41, 5.74) is 2.26. The topological polar surface area (TPSA) is 126 Å². The lowest BCUT2D eigenvalue weighted by atomic mass is 10.1. The fourth-order valence-electron chi connectivity index (χ4n) is 3.59. The Bertz CT molecular complexity index is 1030. The van der Waals surface area contributed by atoms with Gasteiger partial charge in [-0.15, -0.1) is 0 Å². The second kappa shape index (κ2) is 10.1. The summed E-state index contributed by atoms with van der Waals surface area (Å²) < 4.78 is 7.46. The van der Waals surface area contributed by atoms with E-state index in [9.17, 15) is 15.3 Å². The lowest BCUT2D eigenvalue weighted by Crippen LogP contribution is -2.33. The van der Waals surface area contributed by atoms with E-state index in [-0.39, 0.29) is 0 Å². The van der Waals surface area contributed by atoms with E-state index in [1.165, 1.54) is 11.9 Å². The summed E-state index contributed by atoms with van der Waals surface area (Å²) in [5, 5.41) is 34.5. The molecule has 0 spiro atoms. The number of aliphatic hydroxyl groups excluding tert-OH is 3. The summed E-state index contributed by atoms with van der Waals surface area (Å²) >= 11 is 1.56. The van der Waals surface area contributed by atoms with Crippen LogP contribution < -0.4 is 5.32 Å². The molecule has 9 nitrogen and oxygen atoms in total. The molecule has 0 radical (unpaired) electrons. The van der Waals surface area contributed by atoms with Gasteiger partial charge in [-0.1, -0.05) is 62.4 Å².